The minimum absolute atomic E-state index is 0.395. The molecule has 0 unspecified atom stereocenters. The van der Waals surface area contributed by atoms with E-state index >= 15 is 0 Å². The van der Waals surface area contributed by atoms with E-state index in [1.54, 1.807) is 30.3 Å². The van der Waals surface area contributed by atoms with E-state index in [4.69, 9.17) is 14.5 Å². The Morgan fingerprint density at radius 3 is 3.10 bits per heavy atom. The number of methoxy groups -OCH3 is 1. The Kier molecular flexibility index (Phi) is 4.63. The van der Waals surface area contributed by atoms with Crippen molar-refractivity contribution in [3.63, 3.8) is 0 Å². The van der Waals surface area contributed by atoms with Crippen LogP contribution in [0.5, 0.6) is 0 Å². The van der Waals surface area contributed by atoms with Crippen molar-refractivity contribution in [2.24, 2.45) is 0 Å². The topological polar surface area (TPSA) is 88.1 Å². The molecule has 2 rings (SSSR count). The van der Waals surface area contributed by atoms with Crippen LogP contribution < -0.4 is 4.90 Å². The van der Waals surface area contributed by atoms with Crippen molar-refractivity contribution < 1.29 is 9.26 Å². The lowest BCUT2D eigenvalue weighted by molar-refractivity contribution is 0.199. The molecule has 0 saturated carbocycles. The lowest BCUT2D eigenvalue weighted by Crippen LogP contribution is -2.19. The van der Waals surface area contributed by atoms with Gasteiger partial charge in [0, 0.05) is 26.8 Å². The highest BCUT2D eigenvalue weighted by Crippen LogP contribution is 2.16. The van der Waals surface area contributed by atoms with Gasteiger partial charge >= 0.3 is 0 Å². The summed E-state index contributed by atoms with van der Waals surface area (Å²) >= 11 is 0. The molecule has 0 aromatic carbocycles. The van der Waals surface area contributed by atoms with Crippen LogP contribution in [0, 0.1) is 11.3 Å². The molecular formula is C13H15N5O2. The fraction of sp³-hybridized carbons (Fsp3) is 0.385. The summed E-state index contributed by atoms with van der Waals surface area (Å²) in [5.41, 5.74) is 0.508. The quantitative estimate of drug-likeness (QED) is 0.780. The summed E-state index contributed by atoms with van der Waals surface area (Å²) in [5.74, 6) is 1.68. The number of ether oxygens (including phenoxy) is 1. The normalized spacial score (nSPS) is 10.2. The molecule has 0 aliphatic carbocycles. The van der Waals surface area contributed by atoms with Crippen molar-refractivity contribution >= 4 is 5.82 Å². The van der Waals surface area contributed by atoms with Crippen LogP contribution in [0.25, 0.3) is 0 Å². The largest absolute Gasteiger partial charge is 0.384 e. The van der Waals surface area contributed by atoms with Crippen molar-refractivity contribution in [3.8, 4) is 6.07 Å². The third kappa shape index (κ3) is 3.30. The summed E-state index contributed by atoms with van der Waals surface area (Å²) in [6.45, 7) is 0.944. The SMILES string of the molecule is COCCc1noc(CN(C)c2ncccc2C#N)n1. The van der Waals surface area contributed by atoms with E-state index in [0.717, 1.165) is 0 Å². The van der Waals surface area contributed by atoms with Gasteiger partial charge in [-0.3, -0.25) is 0 Å². The molecular weight excluding hydrogens is 258 g/mol. The molecule has 7 nitrogen and oxygen atoms in total. The molecule has 0 saturated heterocycles. The zero-order chi connectivity index (χ0) is 14.4. The summed E-state index contributed by atoms with van der Waals surface area (Å²) in [4.78, 5) is 10.3. The number of nitriles is 1. The average Bonchev–Trinajstić information content (AvgIpc) is 2.92. The molecule has 0 amide bonds. The van der Waals surface area contributed by atoms with Crippen molar-refractivity contribution in [2.45, 2.75) is 13.0 Å². The lowest BCUT2D eigenvalue weighted by atomic mass is 10.2. The van der Waals surface area contributed by atoms with Crippen LogP contribution in [0.3, 0.4) is 0 Å². The van der Waals surface area contributed by atoms with Gasteiger partial charge in [0.05, 0.1) is 18.7 Å². The standard InChI is InChI=1S/C13H15N5O2/c1-18(13-10(8-14)4-3-6-15-13)9-12-16-11(17-20-12)5-7-19-2/h3-4,6H,5,7,9H2,1-2H3. The van der Waals surface area contributed by atoms with E-state index in [0.29, 0.717) is 42.7 Å². The highest BCUT2D eigenvalue weighted by Gasteiger charge is 2.13. The molecule has 0 bridgehead atoms. The lowest BCUT2D eigenvalue weighted by Gasteiger charge is -2.16. The molecule has 0 aliphatic heterocycles. The van der Waals surface area contributed by atoms with Crippen LogP contribution in [0.1, 0.15) is 17.3 Å². The molecule has 0 aliphatic rings. The molecule has 2 aromatic rings. The molecule has 0 spiro atoms. The first kappa shape index (κ1) is 14.0. The molecule has 2 heterocycles. The number of rotatable bonds is 6. The minimum atomic E-state index is 0.395. The van der Waals surface area contributed by atoms with Crippen LogP contribution in [-0.2, 0) is 17.7 Å². The Bertz CT molecular complexity index is 605. The maximum absolute atomic E-state index is 9.05. The maximum Gasteiger partial charge on any atom is 0.246 e. The van der Waals surface area contributed by atoms with E-state index in [-0.39, 0.29) is 0 Å². The molecule has 0 fully saturated rings. The molecule has 2 aromatic heterocycles. The summed E-state index contributed by atoms with van der Waals surface area (Å²) in [6, 6.07) is 5.55. The zero-order valence-corrected chi connectivity index (χ0v) is 11.4. The first-order chi connectivity index (χ1) is 9.74. The smallest absolute Gasteiger partial charge is 0.246 e. The van der Waals surface area contributed by atoms with Crippen molar-refractivity contribution in [1.82, 2.24) is 15.1 Å². The predicted molar refractivity (Wildman–Crippen MR) is 70.9 cm³/mol. The Morgan fingerprint density at radius 2 is 2.35 bits per heavy atom. The van der Waals surface area contributed by atoms with Gasteiger partial charge in [-0.15, -0.1) is 0 Å². The number of hydrogen-bond donors (Lipinski definition) is 0. The van der Waals surface area contributed by atoms with Gasteiger partial charge in [0.15, 0.2) is 5.82 Å². The summed E-state index contributed by atoms with van der Waals surface area (Å²) in [7, 11) is 3.45. The summed E-state index contributed by atoms with van der Waals surface area (Å²) < 4.78 is 10.1. The first-order valence-corrected chi connectivity index (χ1v) is 6.11. The highest BCUT2D eigenvalue weighted by molar-refractivity contribution is 5.52. The molecule has 20 heavy (non-hydrogen) atoms. The predicted octanol–water partition coefficient (Wildman–Crippen LogP) is 1.16. The Hall–Kier alpha value is -2.46. The summed E-state index contributed by atoms with van der Waals surface area (Å²) in [6.07, 6.45) is 2.25. The van der Waals surface area contributed by atoms with Crippen LogP contribution in [0.2, 0.25) is 0 Å². The third-order valence-electron chi connectivity index (χ3n) is 2.68. The first-order valence-electron chi connectivity index (χ1n) is 6.11. The second-order valence-corrected chi connectivity index (χ2v) is 4.19. The van der Waals surface area contributed by atoms with E-state index in [2.05, 4.69) is 21.2 Å². The Morgan fingerprint density at radius 1 is 1.50 bits per heavy atom. The van der Waals surface area contributed by atoms with Gasteiger partial charge in [0.1, 0.15) is 11.9 Å². The number of anilines is 1. The molecule has 7 heteroatoms. The number of hydrogen-bond acceptors (Lipinski definition) is 7. The van der Waals surface area contributed by atoms with Gasteiger partial charge in [0.25, 0.3) is 0 Å². The van der Waals surface area contributed by atoms with Gasteiger partial charge in [-0.1, -0.05) is 5.16 Å². The second kappa shape index (κ2) is 6.63. The van der Waals surface area contributed by atoms with Crippen LogP contribution in [-0.4, -0.2) is 35.9 Å². The number of pyridine rings is 1. The van der Waals surface area contributed by atoms with E-state index in [9.17, 15) is 0 Å². The zero-order valence-electron chi connectivity index (χ0n) is 11.4. The van der Waals surface area contributed by atoms with Gasteiger partial charge in [0.2, 0.25) is 5.89 Å². The minimum Gasteiger partial charge on any atom is -0.384 e. The van der Waals surface area contributed by atoms with Crippen LogP contribution >= 0.6 is 0 Å². The average molecular weight is 273 g/mol. The fourth-order valence-electron chi connectivity index (χ4n) is 1.72. The molecule has 0 radical (unpaired) electrons. The van der Waals surface area contributed by atoms with E-state index in [1.807, 2.05) is 7.05 Å². The highest BCUT2D eigenvalue weighted by atomic mass is 16.5. The van der Waals surface area contributed by atoms with Crippen LogP contribution in [0.15, 0.2) is 22.9 Å². The summed E-state index contributed by atoms with van der Waals surface area (Å²) in [5, 5.41) is 12.9. The van der Waals surface area contributed by atoms with Crippen LogP contribution in [0.4, 0.5) is 5.82 Å². The Balaban J connectivity index is 2.06. The van der Waals surface area contributed by atoms with Gasteiger partial charge in [-0.2, -0.15) is 10.2 Å². The monoisotopic (exact) mass is 273 g/mol. The van der Waals surface area contributed by atoms with Crippen molar-refractivity contribution in [3.05, 3.63) is 35.6 Å². The van der Waals surface area contributed by atoms with Crippen molar-refractivity contribution in [2.75, 3.05) is 25.7 Å². The maximum atomic E-state index is 9.05. The Labute approximate surface area is 116 Å². The molecule has 0 N–H and O–H groups in total. The van der Waals surface area contributed by atoms with Gasteiger partial charge < -0.3 is 14.2 Å². The molecule has 104 valence electrons. The molecule has 0 atom stereocenters. The second-order valence-electron chi connectivity index (χ2n) is 4.19. The van der Waals surface area contributed by atoms with Crippen molar-refractivity contribution in [1.29, 1.82) is 5.26 Å². The van der Waals surface area contributed by atoms with Gasteiger partial charge in [-0.05, 0) is 12.1 Å². The fourth-order valence-corrected chi connectivity index (χ4v) is 1.72. The number of nitrogens with zero attached hydrogens (tertiary/aromatic N) is 5. The number of aromatic nitrogens is 3. The third-order valence-corrected chi connectivity index (χ3v) is 2.68. The van der Waals surface area contributed by atoms with E-state index in [1.165, 1.54) is 0 Å². The van der Waals surface area contributed by atoms with E-state index < -0.39 is 0 Å². The van der Waals surface area contributed by atoms with Gasteiger partial charge in [-0.25, -0.2) is 4.98 Å².